The molecule has 31 heavy (non-hydrogen) atoms. The van der Waals surface area contributed by atoms with Crippen molar-refractivity contribution >= 4 is 40.1 Å². The Balaban J connectivity index is 1.76. The fourth-order valence-corrected chi connectivity index (χ4v) is 4.26. The SMILES string of the molecule is CCOc1ccc(N=C2S[C@@H](C(=O)Nc3cccc(OCC)c3)CC(=O)N2CC)cc1. The molecule has 0 aliphatic carbocycles. The maximum atomic E-state index is 12.9. The average molecular weight is 442 g/mol. The molecule has 1 aliphatic heterocycles. The van der Waals surface area contributed by atoms with Gasteiger partial charge in [-0.2, -0.15) is 0 Å². The Morgan fingerprint density at radius 2 is 1.81 bits per heavy atom. The molecule has 164 valence electrons. The fraction of sp³-hybridized carbons (Fsp3) is 0.348. The number of nitrogens with one attached hydrogen (secondary N) is 1. The van der Waals surface area contributed by atoms with Gasteiger partial charge in [-0.15, -0.1) is 0 Å². The quantitative estimate of drug-likeness (QED) is 0.654. The molecule has 1 heterocycles. The number of ether oxygens (including phenoxy) is 2. The van der Waals surface area contributed by atoms with Gasteiger partial charge < -0.3 is 14.8 Å². The molecule has 7 nitrogen and oxygen atoms in total. The minimum absolute atomic E-state index is 0.117. The van der Waals surface area contributed by atoms with Crippen LogP contribution in [0.3, 0.4) is 0 Å². The van der Waals surface area contributed by atoms with Crippen LogP contribution in [0.15, 0.2) is 53.5 Å². The summed E-state index contributed by atoms with van der Waals surface area (Å²) in [6.07, 6.45) is 0.123. The van der Waals surface area contributed by atoms with E-state index in [1.807, 2.05) is 57.2 Å². The molecule has 1 aliphatic rings. The standard InChI is InChI=1S/C23H27N3O4S/c1-4-26-21(27)15-20(22(28)24-17-8-7-9-19(14-17)30-6-3)31-23(26)25-16-10-12-18(13-11-16)29-5-2/h7-14,20H,4-6,15H2,1-3H3,(H,24,28)/t20-/m1/s1. The number of carbonyl (C=O) groups is 2. The van der Waals surface area contributed by atoms with Crippen LogP contribution in [0.1, 0.15) is 27.2 Å². The molecule has 0 bridgehead atoms. The summed E-state index contributed by atoms with van der Waals surface area (Å²) in [5, 5.41) is 2.84. The summed E-state index contributed by atoms with van der Waals surface area (Å²) in [6.45, 7) is 7.35. The number of nitrogens with zero attached hydrogens (tertiary/aromatic N) is 2. The van der Waals surface area contributed by atoms with E-state index in [0.29, 0.717) is 42.1 Å². The van der Waals surface area contributed by atoms with E-state index in [1.165, 1.54) is 11.8 Å². The van der Waals surface area contributed by atoms with E-state index in [1.54, 1.807) is 17.0 Å². The lowest BCUT2D eigenvalue weighted by molar-refractivity contribution is -0.129. The first-order valence-electron chi connectivity index (χ1n) is 10.4. The van der Waals surface area contributed by atoms with Crippen LogP contribution in [-0.2, 0) is 9.59 Å². The Kier molecular flexibility index (Phi) is 7.94. The van der Waals surface area contributed by atoms with Gasteiger partial charge in [0.15, 0.2) is 5.17 Å². The van der Waals surface area contributed by atoms with Gasteiger partial charge in [-0.3, -0.25) is 14.5 Å². The Bertz CT molecular complexity index is 946. The molecule has 2 aromatic carbocycles. The van der Waals surface area contributed by atoms with Crippen LogP contribution in [-0.4, -0.2) is 46.9 Å². The third-order valence-corrected chi connectivity index (χ3v) is 5.72. The zero-order valence-corrected chi connectivity index (χ0v) is 18.8. The van der Waals surface area contributed by atoms with E-state index in [2.05, 4.69) is 10.3 Å². The van der Waals surface area contributed by atoms with Crippen molar-refractivity contribution in [2.45, 2.75) is 32.4 Å². The second-order valence-electron chi connectivity index (χ2n) is 6.72. The molecule has 0 radical (unpaired) electrons. The molecule has 2 aromatic rings. The van der Waals surface area contributed by atoms with E-state index in [4.69, 9.17) is 9.47 Å². The second kappa shape index (κ2) is 10.9. The second-order valence-corrected chi connectivity index (χ2v) is 7.89. The summed E-state index contributed by atoms with van der Waals surface area (Å²) in [5.74, 6) is 1.09. The molecule has 1 saturated heterocycles. The summed E-state index contributed by atoms with van der Waals surface area (Å²) in [6, 6.07) is 14.6. The highest BCUT2D eigenvalue weighted by Crippen LogP contribution is 2.30. The maximum absolute atomic E-state index is 12.9. The largest absolute Gasteiger partial charge is 0.494 e. The zero-order chi connectivity index (χ0) is 22.2. The first-order valence-corrected chi connectivity index (χ1v) is 11.2. The van der Waals surface area contributed by atoms with Gasteiger partial charge in [0.05, 0.1) is 18.9 Å². The van der Waals surface area contributed by atoms with E-state index < -0.39 is 5.25 Å². The van der Waals surface area contributed by atoms with E-state index in [0.717, 1.165) is 5.75 Å². The first kappa shape index (κ1) is 22.7. The molecule has 0 saturated carbocycles. The third-order valence-electron chi connectivity index (χ3n) is 4.53. The molecule has 0 aromatic heterocycles. The molecule has 0 unspecified atom stereocenters. The summed E-state index contributed by atoms with van der Waals surface area (Å²) in [7, 11) is 0. The van der Waals surface area contributed by atoms with Gasteiger partial charge in [0.2, 0.25) is 11.8 Å². The molecule has 1 fully saturated rings. The molecule has 8 heteroatoms. The number of amides is 2. The van der Waals surface area contributed by atoms with Crippen molar-refractivity contribution in [1.29, 1.82) is 0 Å². The summed E-state index contributed by atoms with van der Waals surface area (Å²) < 4.78 is 10.9. The minimum Gasteiger partial charge on any atom is -0.494 e. The van der Waals surface area contributed by atoms with Crippen molar-refractivity contribution < 1.29 is 19.1 Å². The fourth-order valence-electron chi connectivity index (χ4n) is 3.10. The third kappa shape index (κ3) is 6.01. The highest BCUT2D eigenvalue weighted by molar-refractivity contribution is 8.15. The Hall–Kier alpha value is -3.00. The molecule has 3 rings (SSSR count). The van der Waals surface area contributed by atoms with Gasteiger partial charge in [0.25, 0.3) is 0 Å². The highest BCUT2D eigenvalue weighted by atomic mass is 32.2. The number of aliphatic imine (C=N–C) groups is 1. The number of hydrogen-bond donors (Lipinski definition) is 1. The van der Waals surface area contributed by atoms with Gasteiger partial charge in [-0.05, 0) is 57.2 Å². The topological polar surface area (TPSA) is 80.2 Å². The predicted octanol–water partition coefficient (Wildman–Crippen LogP) is 4.46. The van der Waals surface area contributed by atoms with Gasteiger partial charge in [-0.25, -0.2) is 4.99 Å². The van der Waals surface area contributed by atoms with Crippen LogP contribution in [0.4, 0.5) is 11.4 Å². The Morgan fingerprint density at radius 3 is 2.48 bits per heavy atom. The van der Waals surface area contributed by atoms with Crippen LogP contribution >= 0.6 is 11.8 Å². The monoisotopic (exact) mass is 441 g/mol. The van der Waals surface area contributed by atoms with E-state index in [-0.39, 0.29) is 18.2 Å². The van der Waals surface area contributed by atoms with Crippen molar-refractivity contribution in [2.24, 2.45) is 4.99 Å². The molecule has 1 atom stereocenters. The average Bonchev–Trinajstić information content (AvgIpc) is 2.75. The van der Waals surface area contributed by atoms with Gasteiger partial charge >= 0.3 is 0 Å². The smallest absolute Gasteiger partial charge is 0.238 e. The minimum atomic E-state index is -0.563. The van der Waals surface area contributed by atoms with E-state index >= 15 is 0 Å². The number of thioether (sulfide) groups is 1. The lowest BCUT2D eigenvalue weighted by atomic mass is 10.2. The van der Waals surface area contributed by atoms with Crippen LogP contribution < -0.4 is 14.8 Å². The lowest BCUT2D eigenvalue weighted by Crippen LogP contribution is -2.45. The molecular formula is C23H27N3O4S. The van der Waals surface area contributed by atoms with Crippen LogP contribution in [0, 0.1) is 0 Å². The van der Waals surface area contributed by atoms with Crippen LogP contribution in [0.5, 0.6) is 11.5 Å². The van der Waals surface area contributed by atoms with Crippen molar-refractivity contribution in [3.8, 4) is 11.5 Å². The molecular weight excluding hydrogens is 414 g/mol. The number of anilines is 1. The normalized spacial score (nSPS) is 17.5. The maximum Gasteiger partial charge on any atom is 0.238 e. The van der Waals surface area contributed by atoms with Crippen molar-refractivity contribution in [3.63, 3.8) is 0 Å². The number of benzene rings is 2. The number of carbonyl (C=O) groups excluding carboxylic acids is 2. The van der Waals surface area contributed by atoms with Crippen LogP contribution in [0.25, 0.3) is 0 Å². The van der Waals surface area contributed by atoms with Gasteiger partial charge in [0, 0.05) is 24.7 Å². The molecule has 0 spiro atoms. The highest BCUT2D eigenvalue weighted by Gasteiger charge is 2.35. The summed E-state index contributed by atoms with van der Waals surface area (Å²) in [5.41, 5.74) is 1.33. The summed E-state index contributed by atoms with van der Waals surface area (Å²) in [4.78, 5) is 31.8. The van der Waals surface area contributed by atoms with Gasteiger partial charge in [0.1, 0.15) is 16.7 Å². The Labute approximate surface area is 186 Å². The molecule has 1 N–H and O–H groups in total. The van der Waals surface area contributed by atoms with Crippen molar-refractivity contribution in [3.05, 3.63) is 48.5 Å². The van der Waals surface area contributed by atoms with Gasteiger partial charge in [-0.1, -0.05) is 17.8 Å². The van der Waals surface area contributed by atoms with Crippen molar-refractivity contribution in [2.75, 3.05) is 25.1 Å². The Morgan fingerprint density at radius 1 is 1.10 bits per heavy atom. The number of rotatable bonds is 8. The number of amidine groups is 1. The summed E-state index contributed by atoms with van der Waals surface area (Å²) >= 11 is 1.30. The van der Waals surface area contributed by atoms with Crippen LogP contribution in [0.2, 0.25) is 0 Å². The first-order chi connectivity index (χ1) is 15.0. The zero-order valence-electron chi connectivity index (χ0n) is 18.0. The van der Waals surface area contributed by atoms with E-state index in [9.17, 15) is 9.59 Å². The van der Waals surface area contributed by atoms with Crippen molar-refractivity contribution in [1.82, 2.24) is 4.90 Å². The number of hydrogen-bond acceptors (Lipinski definition) is 6. The lowest BCUT2D eigenvalue weighted by Gasteiger charge is -2.30. The molecule has 2 amide bonds. The predicted molar refractivity (Wildman–Crippen MR) is 124 cm³/mol.